The van der Waals surface area contributed by atoms with E-state index in [1.54, 1.807) is 170 Å². The number of nitrogens with zero attached hydrogens (tertiary/aromatic N) is 15. The predicted molar refractivity (Wildman–Crippen MR) is 269 cm³/mol. The van der Waals surface area contributed by atoms with Crippen LogP contribution in [0.3, 0.4) is 0 Å². The molecule has 6 aromatic rings. The number of aromatic nitrogens is 3. The van der Waals surface area contributed by atoms with Gasteiger partial charge in [0.05, 0.1) is 28.4 Å². The van der Waals surface area contributed by atoms with Crippen molar-refractivity contribution in [1.29, 1.82) is 31.6 Å². The number of hydrogen-bond acceptors (Lipinski definition) is 12. The van der Waals surface area contributed by atoms with E-state index < -0.39 is 39.0 Å². The third-order valence-corrected chi connectivity index (χ3v) is 19.8. The number of rotatable bonds is 9. The van der Waals surface area contributed by atoms with Crippen molar-refractivity contribution in [3.63, 3.8) is 0 Å². The predicted octanol–water partition coefficient (Wildman–Crippen LogP) is 9.21. The largest absolute Gasteiger partial charge is 0.339 e. The van der Waals surface area contributed by atoms with Crippen LogP contribution < -0.4 is 40.0 Å². The number of hydrogen-bond donors (Lipinski definition) is 0. The molecule has 0 N–H and O–H groups in total. The molecule has 0 fully saturated rings. The van der Waals surface area contributed by atoms with E-state index in [2.05, 4.69) is 36.4 Å². The lowest BCUT2D eigenvalue weighted by Crippen LogP contribution is -2.46. The molecule has 344 valence electrons. The number of allylic oxidation sites excluding steroid dienone is 9. The van der Waals surface area contributed by atoms with Crippen molar-refractivity contribution < 1.29 is 13.7 Å². The molecule has 4 heterocycles. The van der Waals surface area contributed by atoms with Crippen LogP contribution in [-0.2, 0) is 13.7 Å². The van der Waals surface area contributed by atoms with E-state index >= 15 is 13.7 Å². The summed E-state index contributed by atoms with van der Waals surface area (Å²) in [7, 11) is -15.2. The van der Waals surface area contributed by atoms with Gasteiger partial charge in [0.2, 0.25) is 16.7 Å². The Morgan fingerprint density at radius 3 is 0.806 bits per heavy atom. The lowest BCUT2D eigenvalue weighted by molar-refractivity contribution is 0.542. The molecule has 18 nitrogen and oxygen atoms in total. The lowest BCUT2D eigenvalue weighted by atomic mass is 10.1. The molecule has 0 saturated heterocycles. The summed E-state index contributed by atoms with van der Waals surface area (Å²) < 4.78 is 58.8. The molecule has 5 aromatic carbocycles. The van der Waals surface area contributed by atoms with Crippen molar-refractivity contribution >= 4 is 67.5 Å². The Hall–Kier alpha value is -9.76. The van der Waals surface area contributed by atoms with E-state index in [1.165, 1.54) is 0 Å². The molecular weight excluding hydrogens is 964 g/mol. The highest BCUT2D eigenvalue weighted by atomic mass is 31.2. The maximum atomic E-state index is 17.4. The monoisotopic (exact) mass is 995 g/mol. The topological polar surface area (TPSA) is 252 Å². The zero-order chi connectivity index (χ0) is 50.2. The first-order valence-corrected chi connectivity index (χ1v) is 26.7. The van der Waals surface area contributed by atoms with Crippen molar-refractivity contribution in [2.45, 2.75) is 12.8 Å². The van der Waals surface area contributed by atoms with Crippen LogP contribution in [0.5, 0.6) is 0 Å². The fourth-order valence-electron chi connectivity index (χ4n) is 8.87. The van der Waals surface area contributed by atoms with Crippen molar-refractivity contribution in [1.82, 2.24) is 19.6 Å². The average Bonchev–Trinajstić information content (AvgIpc) is 3.99. The van der Waals surface area contributed by atoms with Gasteiger partial charge in [0.1, 0.15) is 36.4 Å². The Labute approximate surface area is 413 Å². The quantitative estimate of drug-likeness (QED) is 0.122. The Balaban J connectivity index is 1.40. The fraction of sp³-hybridized carbons (Fsp3) is 0.0392. The van der Waals surface area contributed by atoms with Gasteiger partial charge in [-0.05, 0) is 79.6 Å². The molecule has 1 atom stereocenters. The molecule has 72 heavy (non-hydrogen) atoms. The maximum Gasteiger partial charge on any atom is 0.339 e. The van der Waals surface area contributed by atoms with Gasteiger partial charge in [-0.1, -0.05) is 103 Å². The molecule has 0 saturated carbocycles. The molecule has 4 aliphatic rings. The van der Waals surface area contributed by atoms with Crippen LogP contribution in [0.1, 0.15) is 12.8 Å². The number of benzene rings is 5. The van der Waals surface area contributed by atoms with Gasteiger partial charge in [-0.25, -0.2) is 0 Å². The van der Waals surface area contributed by atoms with E-state index in [4.69, 9.17) is 15.0 Å². The summed E-state index contributed by atoms with van der Waals surface area (Å²) in [5.74, 6) is 0. The van der Waals surface area contributed by atoms with E-state index in [-0.39, 0.29) is 68.3 Å². The molecule has 1 unspecified atom stereocenters. The highest BCUT2D eigenvalue weighted by molar-refractivity contribution is 7.76. The van der Waals surface area contributed by atoms with Gasteiger partial charge in [0.25, 0.3) is 0 Å². The molecule has 1 aliphatic carbocycles. The summed E-state index contributed by atoms with van der Waals surface area (Å²) in [6.45, 7) is 0. The molecule has 0 spiro atoms. The first kappa shape index (κ1) is 46.0. The molecule has 10 rings (SSSR count). The van der Waals surface area contributed by atoms with Crippen molar-refractivity contribution in [3.8, 4) is 36.4 Å². The van der Waals surface area contributed by atoms with Gasteiger partial charge >= 0.3 is 22.3 Å². The number of anilines is 5. The smallest absolute Gasteiger partial charge is 0.266 e. The van der Waals surface area contributed by atoms with E-state index in [1.807, 2.05) is 0 Å². The van der Waals surface area contributed by atoms with Crippen molar-refractivity contribution in [3.05, 3.63) is 210 Å². The minimum Gasteiger partial charge on any atom is -0.266 e. The second kappa shape index (κ2) is 18.3. The molecule has 0 amide bonds. The summed E-state index contributed by atoms with van der Waals surface area (Å²) in [5, 5.41) is 66.0. The first-order valence-electron chi connectivity index (χ1n) is 21.8. The summed E-state index contributed by atoms with van der Waals surface area (Å²) in [4.78, 5) is 14.7. The minimum atomic E-state index is -5.09. The van der Waals surface area contributed by atoms with E-state index in [0.29, 0.717) is 12.8 Å². The van der Waals surface area contributed by atoms with Crippen LogP contribution in [0.2, 0.25) is 0 Å². The molecular formula is C51H32N15O3P3. The maximum absolute atomic E-state index is 17.4. The van der Waals surface area contributed by atoms with Crippen LogP contribution in [0.4, 0.5) is 28.4 Å². The van der Waals surface area contributed by atoms with Crippen LogP contribution in [0.25, 0.3) is 0 Å². The number of nitriles is 6. The van der Waals surface area contributed by atoms with Crippen LogP contribution in [0, 0.1) is 68.0 Å². The molecule has 3 aliphatic heterocycles. The minimum absolute atomic E-state index is 0.134. The zero-order valence-corrected chi connectivity index (χ0v) is 40.0. The fourth-order valence-corrected chi connectivity index (χ4v) is 17.2. The summed E-state index contributed by atoms with van der Waals surface area (Å²) in [5.41, 5.74) is -3.65. The summed E-state index contributed by atoms with van der Waals surface area (Å²) in [6.07, 6.45) is 6.17. The highest BCUT2D eigenvalue weighted by Crippen LogP contribution is 2.68. The Bertz CT molecular complexity index is 3490. The summed E-state index contributed by atoms with van der Waals surface area (Å²) >= 11 is 0. The second-order valence-corrected chi connectivity index (χ2v) is 22.7. The molecule has 0 bridgehead atoms. The highest BCUT2D eigenvalue weighted by Gasteiger charge is 2.60. The Kier molecular flexibility index (Phi) is 11.7. The van der Waals surface area contributed by atoms with Gasteiger partial charge in [0, 0.05) is 5.70 Å². The lowest BCUT2D eigenvalue weighted by Gasteiger charge is -2.36. The molecule has 1 aromatic heterocycles. The summed E-state index contributed by atoms with van der Waals surface area (Å²) in [6, 6.07) is 52.6. The standard InChI is InChI=1S/C51H32N15O3P3/c52-31-43-44(32-53)62(38-21-9-2-10-22-38)70(67,61(43)37-19-7-1-8-20-37)49-58-50(71(68)63(39-23-11-3-12-24-39)45(33-54)46(34-55)64(71)40-25-13-4-14-26-40)60-51(59-49)72(69)65(41-27-15-5-16-28-41)47(35-56)48(36-57)66(72)42-29-17-6-18-30-42/h1-5,7-17,19-30H,6,18H2. The second-order valence-electron chi connectivity index (χ2n) is 15.8. The van der Waals surface area contributed by atoms with Gasteiger partial charge < -0.3 is 0 Å². The SMILES string of the molecule is N#CC1=C(C#N)N(c2ccccc2)P(=O)(c2nc(P3(=O)N(c4ccccc4)C(C#N)=C(C#N)N3c3ccccc3)nc(P3(=O)N(c4ccccc4)C(C#N)=C(C#N)N3c3ccccc3)n2)N1C1=CCCC=C1. The molecule has 21 heteroatoms. The van der Waals surface area contributed by atoms with Gasteiger partial charge in [0.15, 0.2) is 34.2 Å². The normalized spacial score (nSPS) is 18.8. The zero-order valence-electron chi connectivity index (χ0n) is 37.4. The third-order valence-electron chi connectivity index (χ3n) is 11.8. The number of para-hydroxylation sites is 5. The molecule has 0 radical (unpaired) electrons. The van der Waals surface area contributed by atoms with Gasteiger partial charge in [-0.3, -0.25) is 41.7 Å². The Morgan fingerprint density at radius 2 is 0.583 bits per heavy atom. The van der Waals surface area contributed by atoms with Crippen LogP contribution >= 0.6 is 22.3 Å². The Morgan fingerprint density at radius 1 is 0.347 bits per heavy atom. The third kappa shape index (κ3) is 6.81. The van der Waals surface area contributed by atoms with Crippen molar-refractivity contribution in [2.75, 3.05) is 23.4 Å². The van der Waals surface area contributed by atoms with Crippen LogP contribution in [0.15, 0.2) is 210 Å². The van der Waals surface area contributed by atoms with Crippen LogP contribution in [-0.4, -0.2) is 19.6 Å². The average molecular weight is 996 g/mol. The van der Waals surface area contributed by atoms with Gasteiger partial charge in [-0.2, -0.15) is 46.5 Å². The van der Waals surface area contributed by atoms with Crippen molar-refractivity contribution in [2.24, 2.45) is 0 Å². The van der Waals surface area contributed by atoms with Gasteiger partial charge in [-0.15, -0.1) is 0 Å². The van der Waals surface area contributed by atoms with E-state index in [9.17, 15) is 31.6 Å². The first-order chi connectivity index (χ1) is 35.1. The van der Waals surface area contributed by atoms with E-state index in [0.717, 1.165) is 28.0 Å².